The first kappa shape index (κ1) is 14.8. The summed E-state index contributed by atoms with van der Waals surface area (Å²) in [5.74, 6) is 0. The summed E-state index contributed by atoms with van der Waals surface area (Å²) in [7, 11) is -3.98. The largest absolute Gasteiger partial charge is 0.443 e. The maximum Gasteiger partial charge on any atom is 0.421 e. The molecule has 1 aromatic carbocycles. The fourth-order valence-electron chi connectivity index (χ4n) is 0.956. The minimum absolute atomic E-state index is 0.0778. The molecule has 0 aliphatic rings. The zero-order chi connectivity index (χ0) is 13.8. The van der Waals surface area contributed by atoms with Crippen LogP contribution in [0.1, 0.15) is 0 Å². The van der Waals surface area contributed by atoms with Gasteiger partial charge in [-0.2, -0.15) is 0 Å². The third kappa shape index (κ3) is 4.56. The van der Waals surface area contributed by atoms with Crippen molar-refractivity contribution in [3.05, 3.63) is 40.9 Å². The Labute approximate surface area is 114 Å². The van der Waals surface area contributed by atoms with Crippen LogP contribution in [0.2, 0.25) is 5.02 Å². The first-order valence-electron chi connectivity index (χ1n) is 4.59. The van der Waals surface area contributed by atoms with Crippen molar-refractivity contribution in [1.82, 2.24) is 4.72 Å². The van der Waals surface area contributed by atoms with Crippen LogP contribution in [0.15, 0.2) is 40.8 Å². The van der Waals surface area contributed by atoms with Crippen LogP contribution in [0.4, 0.5) is 4.79 Å². The van der Waals surface area contributed by atoms with Crippen LogP contribution in [-0.2, 0) is 14.8 Å². The van der Waals surface area contributed by atoms with Crippen LogP contribution in [0.5, 0.6) is 0 Å². The van der Waals surface area contributed by atoms with Crippen molar-refractivity contribution in [2.24, 2.45) is 0 Å². The van der Waals surface area contributed by atoms with E-state index in [4.69, 9.17) is 23.2 Å². The summed E-state index contributed by atoms with van der Waals surface area (Å²) in [4.78, 5) is 11.1. The zero-order valence-electron chi connectivity index (χ0n) is 9.02. The average molecular weight is 310 g/mol. The number of ether oxygens (including phenoxy) is 1. The lowest BCUT2D eigenvalue weighted by Crippen LogP contribution is -2.31. The lowest BCUT2D eigenvalue weighted by Gasteiger charge is -2.07. The van der Waals surface area contributed by atoms with E-state index < -0.39 is 16.1 Å². The van der Waals surface area contributed by atoms with E-state index in [9.17, 15) is 13.2 Å². The van der Waals surface area contributed by atoms with E-state index in [0.29, 0.717) is 5.02 Å². The number of benzene rings is 1. The number of sulfonamides is 1. The number of carbonyl (C=O) groups is 1. The Hall–Kier alpha value is -1.24. The normalized spacial score (nSPS) is 10.8. The molecule has 1 amide bonds. The van der Waals surface area contributed by atoms with Gasteiger partial charge < -0.3 is 4.74 Å². The summed E-state index contributed by atoms with van der Waals surface area (Å²) in [5, 5.41) is 0.462. The first-order valence-corrected chi connectivity index (χ1v) is 6.83. The van der Waals surface area contributed by atoms with E-state index in [1.165, 1.54) is 24.3 Å². The maximum atomic E-state index is 11.7. The van der Waals surface area contributed by atoms with Gasteiger partial charge in [-0.25, -0.2) is 17.9 Å². The van der Waals surface area contributed by atoms with Gasteiger partial charge in [-0.05, 0) is 24.3 Å². The van der Waals surface area contributed by atoms with Crippen LogP contribution in [-0.4, -0.2) is 21.1 Å². The molecule has 0 bridgehead atoms. The topological polar surface area (TPSA) is 72.5 Å². The number of amides is 1. The molecule has 0 heterocycles. The number of rotatable bonds is 4. The highest BCUT2D eigenvalue weighted by Crippen LogP contribution is 2.13. The minimum atomic E-state index is -3.98. The molecule has 0 fully saturated rings. The molecule has 0 saturated carbocycles. The second-order valence-corrected chi connectivity index (χ2v) is 5.81. The van der Waals surface area contributed by atoms with Crippen molar-refractivity contribution >= 4 is 39.3 Å². The smallest absolute Gasteiger partial charge is 0.421 e. The van der Waals surface area contributed by atoms with Crippen LogP contribution >= 0.6 is 23.2 Å². The van der Waals surface area contributed by atoms with Crippen molar-refractivity contribution in [1.29, 1.82) is 0 Å². The predicted octanol–water partition coefficient (Wildman–Crippen LogP) is 2.51. The Morgan fingerprint density at radius 3 is 2.39 bits per heavy atom. The van der Waals surface area contributed by atoms with Gasteiger partial charge >= 0.3 is 6.09 Å². The van der Waals surface area contributed by atoms with Gasteiger partial charge in [-0.1, -0.05) is 29.8 Å². The Morgan fingerprint density at radius 1 is 1.33 bits per heavy atom. The van der Waals surface area contributed by atoms with Crippen LogP contribution in [0.3, 0.4) is 0 Å². The second kappa shape index (κ2) is 6.08. The predicted molar refractivity (Wildman–Crippen MR) is 68.1 cm³/mol. The molecule has 0 aromatic heterocycles. The number of carbonyl (C=O) groups excluding carboxylic acids is 1. The molecule has 0 unspecified atom stereocenters. The quantitative estimate of drug-likeness (QED) is 0.927. The lowest BCUT2D eigenvalue weighted by atomic mass is 10.4. The van der Waals surface area contributed by atoms with Crippen molar-refractivity contribution < 1.29 is 17.9 Å². The van der Waals surface area contributed by atoms with Crippen molar-refractivity contribution in [3.8, 4) is 0 Å². The van der Waals surface area contributed by atoms with Gasteiger partial charge in [0.25, 0.3) is 10.0 Å². The first-order chi connectivity index (χ1) is 8.31. The van der Waals surface area contributed by atoms with E-state index in [-0.39, 0.29) is 16.5 Å². The highest BCUT2D eigenvalue weighted by atomic mass is 35.5. The van der Waals surface area contributed by atoms with Crippen LogP contribution in [0.25, 0.3) is 0 Å². The Kier molecular flexibility index (Phi) is 5.01. The second-order valence-electron chi connectivity index (χ2n) is 3.15. The molecule has 1 rings (SSSR count). The standard InChI is InChI=1S/C10H9Cl2NO4S/c1-7(11)6-17-10(14)13-18(15,16)9-4-2-8(12)3-5-9/h2-5H,1,6H2,(H,13,14). The fourth-order valence-corrected chi connectivity index (χ4v) is 2.03. The molecule has 0 atom stereocenters. The summed E-state index contributed by atoms with van der Waals surface area (Å²) in [6, 6.07) is 5.31. The molecule has 1 N–H and O–H groups in total. The van der Waals surface area contributed by atoms with Crippen molar-refractivity contribution in [3.63, 3.8) is 0 Å². The van der Waals surface area contributed by atoms with E-state index >= 15 is 0 Å². The van der Waals surface area contributed by atoms with Gasteiger partial charge in [0.2, 0.25) is 0 Å². The minimum Gasteiger partial charge on any atom is -0.443 e. The van der Waals surface area contributed by atoms with Gasteiger partial charge in [0.05, 0.1) is 4.90 Å². The molecule has 0 spiro atoms. The lowest BCUT2D eigenvalue weighted by molar-refractivity contribution is 0.164. The summed E-state index contributed by atoms with van der Waals surface area (Å²) in [6.45, 7) is 3.01. The van der Waals surface area contributed by atoms with Gasteiger partial charge in [0.1, 0.15) is 6.61 Å². The van der Waals surface area contributed by atoms with Crippen molar-refractivity contribution in [2.45, 2.75) is 4.90 Å². The highest BCUT2D eigenvalue weighted by Gasteiger charge is 2.18. The Balaban J connectivity index is 2.73. The van der Waals surface area contributed by atoms with Gasteiger partial charge in [-0.15, -0.1) is 0 Å². The molecule has 98 valence electrons. The SMILES string of the molecule is C=C(Cl)COC(=O)NS(=O)(=O)c1ccc(Cl)cc1. The Morgan fingerprint density at radius 2 is 1.89 bits per heavy atom. The summed E-state index contributed by atoms with van der Waals surface area (Å²) in [6.07, 6.45) is -1.13. The van der Waals surface area contributed by atoms with E-state index in [1.54, 1.807) is 4.72 Å². The monoisotopic (exact) mass is 309 g/mol. The molecule has 0 saturated heterocycles. The Bertz CT molecular complexity index is 554. The summed E-state index contributed by atoms with van der Waals surface area (Å²) < 4.78 is 29.6. The third-order valence-corrected chi connectivity index (χ3v) is 3.39. The van der Waals surface area contributed by atoms with Crippen LogP contribution < -0.4 is 4.72 Å². The van der Waals surface area contributed by atoms with E-state index in [1.807, 2.05) is 0 Å². The molecular formula is C10H9Cl2NO4S. The maximum absolute atomic E-state index is 11.7. The number of hydrogen-bond donors (Lipinski definition) is 1. The van der Waals surface area contributed by atoms with Crippen LogP contribution in [0, 0.1) is 0 Å². The summed E-state index contributed by atoms with van der Waals surface area (Å²) >= 11 is 11.0. The molecule has 0 aliphatic heterocycles. The zero-order valence-corrected chi connectivity index (χ0v) is 11.3. The molecular weight excluding hydrogens is 301 g/mol. The molecule has 0 radical (unpaired) electrons. The number of nitrogens with one attached hydrogen (secondary N) is 1. The molecule has 5 nitrogen and oxygen atoms in total. The fraction of sp³-hybridized carbons (Fsp3) is 0.100. The molecule has 18 heavy (non-hydrogen) atoms. The molecule has 0 aliphatic carbocycles. The van der Waals surface area contributed by atoms with Gasteiger partial charge in [0, 0.05) is 10.1 Å². The number of hydrogen-bond acceptors (Lipinski definition) is 4. The van der Waals surface area contributed by atoms with Gasteiger partial charge in [-0.3, -0.25) is 0 Å². The average Bonchev–Trinajstić information content (AvgIpc) is 2.26. The van der Waals surface area contributed by atoms with Crippen molar-refractivity contribution in [2.75, 3.05) is 6.61 Å². The van der Waals surface area contributed by atoms with E-state index in [0.717, 1.165) is 0 Å². The highest BCUT2D eigenvalue weighted by molar-refractivity contribution is 7.90. The van der Waals surface area contributed by atoms with E-state index in [2.05, 4.69) is 11.3 Å². The van der Waals surface area contributed by atoms with Gasteiger partial charge in [0.15, 0.2) is 0 Å². The summed E-state index contributed by atoms with van der Waals surface area (Å²) in [5.41, 5.74) is 0. The molecule has 8 heteroatoms. The third-order valence-electron chi connectivity index (χ3n) is 1.70. The molecule has 1 aromatic rings. The number of halogens is 2.